The van der Waals surface area contributed by atoms with Crippen molar-refractivity contribution in [1.82, 2.24) is 20.2 Å². The van der Waals surface area contributed by atoms with Crippen LogP contribution in [0, 0.1) is 18.8 Å². The van der Waals surface area contributed by atoms with Crippen LogP contribution in [0.4, 0.5) is 5.69 Å². The summed E-state index contributed by atoms with van der Waals surface area (Å²) in [5.74, 6) is 2.36. The van der Waals surface area contributed by atoms with Crippen molar-refractivity contribution in [3.8, 4) is 11.4 Å². The fourth-order valence-corrected chi connectivity index (χ4v) is 3.21. The molecule has 1 aromatic heterocycles. The van der Waals surface area contributed by atoms with Crippen molar-refractivity contribution >= 4 is 5.69 Å². The van der Waals surface area contributed by atoms with E-state index in [1.807, 2.05) is 16.8 Å². The lowest BCUT2D eigenvalue weighted by Gasteiger charge is -2.18. The van der Waals surface area contributed by atoms with Gasteiger partial charge in [-0.1, -0.05) is 12.1 Å². The molecule has 2 saturated carbocycles. The van der Waals surface area contributed by atoms with Crippen molar-refractivity contribution in [2.24, 2.45) is 11.8 Å². The van der Waals surface area contributed by atoms with Crippen LogP contribution in [0.2, 0.25) is 0 Å². The molecule has 0 spiro atoms. The van der Waals surface area contributed by atoms with E-state index in [9.17, 15) is 0 Å². The van der Waals surface area contributed by atoms with Crippen LogP contribution in [0.5, 0.6) is 0 Å². The van der Waals surface area contributed by atoms with Crippen LogP contribution >= 0.6 is 0 Å². The molecule has 0 bridgehead atoms. The summed E-state index contributed by atoms with van der Waals surface area (Å²) in [5.41, 5.74) is 9.03. The van der Waals surface area contributed by atoms with E-state index in [1.165, 1.54) is 25.7 Å². The highest BCUT2D eigenvalue weighted by molar-refractivity contribution is 5.74. The molecule has 2 aliphatic carbocycles. The van der Waals surface area contributed by atoms with Gasteiger partial charge in [-0.15, -0.1) is 5.10 Å². The minimum absolute atomic E-state index is 0.471. The summed E-state index contributed by atoms with van der Waals surface area (Å²) < 4.78 is 2.05. The zero-order valence-electron chi connectivity index (χ0n) is 11.7. The molecule has 1 aromatic carbocycles. The maximum atomic E-state index is 6.16. The third-order valence-corrected chi connectivity index (χ3v) is 4.51. The lowest BCUT2D eigenvalue weighted by atomic mass is 10.0. The van der Waals surface area contributed by atoms with Gasteiger partial charge < -0.3 is 5.73 Å². The van der Waals surface area contributed by atoms with Crippen molar-refractivity contribution in [2.45, 2.75) is 38.6 Å². The number of hydrogen-bond acceptors (Lipinski definition) is 4. The molecular weight excluding hydrogens is 250 g/mol. The van der Waals surface area contributed by atoms with Crippen LogP contribution in [0.25, 0.3) is 11.4 Å². The first kappa shape index (κ1) is 11.9. The van der Waals surface area contributed by atoms with E-state index in [2.05, 4.69) is 28.5 Å². The first-order valence-corrected chi connectivity index (χ1v) is 7.39. The van der Waals surface area contributed by atoms with Gasteiger partial charge in [0.25, 0.3) is 0 Å². The van der Waals surface area contributed by atoms with Gasteiger partial charge in [0.15, 0.2) is 5.82 Å². The van der Waals surface area contributed by atoms with E-state index >= 15 is 0 Å². The molecule has 0 amide bonds. The Kier molecular flexibility index (Phi) is 2.55. The Hall–Kier alpha value is -1.91. The summed E-state index contributed by atoms with van der Waals surface area (Å²) in [5, 5.41) is 12.5. The zero-order chi connectivity index (χ0) is 13.7. The molecule has 0 unspecified atom stereocenters. The largest absolute Gasteiger partial charge is 0.398 e. The predicted molar refractivity (Wildman–Crippen MR) is 76.9 cm³/mol. The number of aromatic nitrogens is 4. The normalized spacial score (nSPS) is 18.7. The summed E-state index contributed by atoms with van der Waals surface area (Å²) in [6.45, 7) is 2.06. The monoisotopic (exact) mass is 269 g/mol. The standard InChI is InChI=1S/C15H19N5/c1-9-3-2-4-12(16)13(9)15-17-18-19-20(15)14(10-5-6-10)11-7-8-11/h2-4,10-11,14H,5-8,16H2,1H3. The smallest absolute Gasteiger partial charge is 0.184 e. The van der Waals surface area contributed by atoms with Gasteiger partial charge in [-0.3, -0.25) is 0 Å². The van der Waals surface area contributed by atoms with Gasteiger partial charge in [0, 0.05) is 11.3 Å². The quantitative estimate of drug-likeness (QED) is 0.866. The van der Waals surface area contributed by atoms with Crippen molar-refractivity contribution in [3.05, 3.63) is 23.8 Å². The van der Waals surface area contributed by atoms with Crippen molar-refractivity contribution in [2.75, 3.05) is 5.73 Å². The lowest BCUT2D eigenvalue weighted by Crippen LogP contribution is -2.17. The second-order valence-electron chi connectivity index (χ2n) is 6.15. The first-order valence-electron chi connectivity index (χ1n) is 7.39. The number of nitrogen functional groups attached to an aromatic ring is 1. The predicted octanol–water partition coefficient (Wildman–Crippen LogP) is 2.59. The summed E-state index contributed by atoms with van der Waals surface area (Å²) in [6, 6.07) is 6.43. The number of tetrazole rings is 1. The summed E-state index contributed by atoms with van der Waals surface area (Å²) >= 11 is 0. The molecule has 2 fully saturated rings. The minimum Gasteiger partial charge on any atom is -0.398 e. The molecule has 4 rings (SSSR count). The summed E-state index contributed by atoms with van der Waals surface area (Å²) in [4.78, 5) is 0. The number of nitrogens with zero attached hydrogens (tertiary/aromatic N) is 4. The minimum atomic E-state index is 0.471. The topological polar surface area (TPSA) is 69.6 Å². The number of rotatable bonds is 4. The van der Waals surface area contributed by atoms with E-state index in [-0.39, 0.29) is 0 Å². The van der Waals surface area contributed by atoms with Crippen LogP contribution in [0.1, 0.15) is 37.3 Å². The Bertz CT molecular complexity index is 607. The number of anilines is 1. The molecular formula is C15H19N5. The Morgan fingerprint density at radius 1 is 1.20 bits per heavy atom. The number of hydrogen-bond donors (Lipinski definition) is 1. The molecule has 0 saturated heterocycles. The third kappa shape index (κ3) is 1.88. The van der Waals surface area contributed by atoms with Gasteiger partial charge in [-0.25, -0.2) is 4.68 Å². The van der Waals surface area contributed by atoms with Gasteiger partial charge in [-0.05, 0) is 66.5 Å². The van der Waals surface area contributed by atoms with Crippen molar-refractivity contribution in [3.63, 3.8) is 0 Å². The van der Waals surface area contributed by atoms with Crippen LogP contribution in [0.3, 0.4) is 0 Å². The van der Waals surface area contributed by atoms with E-state index in [1.54, 1.807) is 0 Å². The fraction of sp³-hybridized carbons (Fsp3) is 0.533. The third-order valence-electron chi connectivity index (χ3n) is 4.51. The highest BCUT2D eigenvalue weighted by Crippen LogP contribution is 2.52. The van der Waals surface area contributed by atoms with Crippen molar-refractivity contribution < 1.29 is 0 Å². The second kappa shape index (κ2) is 4.30. The number of benzene rings is 1. The Morgan fingerprint density at radius 2 is 1.90 bits per heavy atom. The van der Waals surface area contributed by atoms with Crippen molar-refractivity contribution in [1.29, 1.82) is 0 Å². The highest BCUT2D eigenvalue weighted by atomic mass is 15.6. The van der Waals surface area contributed by atoms with Gasteiger partial charge in [0.05, 0.1) is 6.04 Å². The van der Waals surface area contributed by atoms with E-state index in [4.69, 9.17) is 5.73 Å². The molecule has 0 aliphatic heterocycles. The molecule has 1 heterocycles. The molecule has 20 heavy (non-hydrogen) atoms. The van der Waals surface area contributed by atoms with E-state index in [0.717, 1.165) is 34.5 Å². The fourth-order valence-electron chi connectivity index (χ4n) is 3.21. The average molecular weight is 269 g/mol. The van der Waals surface area contributed by atoms with Crippen LogP contribution in [-0.4, -0.2) is 20.2 Å². The summed E-state index contributed by atoms with van der Waals surface area (Å²) in [6.07, 6.45) is 5.24. The SMILES string of the molecule is Cc1cccc(N)c1-c1nnnn1C(C1CC1)C1CC1. The molecule has 0 atom stereocenters. The van der Waals surface area contributed by atoms with Gasteiger partial charge in [0.1, 0.15) is 0 Å². The molecule has 2 N–H and O–H groups in total. The van der Waals surface area contributed by atoms with Gasteiger partial charge in [-0.2, -0.15) is 0 Å². The lowest BCUT2D eigenvalue weighted by molar-refractivity contribution is 0.357. The van der Waals surface area contributed by atoms with Gasteiger partial charge >= 0.3 is 0 Å². The second-order valence-corrected chi connectivity index (χ2v) is 6.15. The molecule has 0 radical (unpaired) electrons. The number of aryl methyl sites for hydroxylation is 1. The highest BCUT2D eigenvalue weighted by Gasteiger charge is 2.44. The Morgan fingerprint density at radius 3 is 2.50 bits per heavy atom. The average Bonchev–Trinajstić information content (AvgIpc) is 3.32. The first-order chi connectivity index (χ1) is 9.75. The van der Waals surface area contributed by atoms with Crippen LogP contribution < -0.4 is 5.73 Å². The Balaban J connectivity index is 1.81. The molecule has 104 valence electrons. The zero-order valence-corrected chi connectivity index (χ0v) is 11.7. The Labute approximate surface area is 118 Å². The van der Waals surface area contributed by atoms with Crippen LogP contribution in [0.15, 0.2) is 18.2 Å². The number of nitrogens with two attached hydrogens (primary N) is 1. The maximum absolute atomic E-state index is 6.16. The van der Waals surface area contributed by atoms with E-state index in [0.29, 0.717) is 6.04 Å². The molecule has 5 nitrogen and oxygen atoms in total. The molecule has 2 aliphatic rings. The molecule has 5 heteroatoms. The molecule has 2 aromatic rings. The van der Waals surface area contributed by atoms with E-state index < -0.39 is 0 Å². The summed E-state index contributed by atoms with van der Waals surface area (Å²) in [7, 11) is 0. The van der Waals surface area contributed by atoms with Crippen LogP contribution in [-0.2, 0) is 0 Å². The van der Waals surface area contributed by atoms with Gasteiger partial charge in [0.2, 0.25) is 0 Å². The maximum Gasteiger partial charge on any atom is 0.184 e.